The number of rotatable bonds is 5. The molecule has 0 fully saturated rings. The second-order valence-electron chi connectivity index (χ2n) is 5.36. The Labute approximate surface area is 119 Å². The van der Waals surface area contributed by atoms with E-state index in [1.54, 1.807) is 19.9 Å². The highest BCUT2D eigenvalue weighted by Gasteiger charge is 2.26. The summed E-state index contributed by atoms with van der Waals surface area (Å²) in [5, 5.41) is 18.6. The normalized spacial score (nSPS) is 15.1. The van der Waals surface area contributed by atoms with Crippen LogP contribution in [0.5, 0.6) is 0 Å². The summed E-state index contributed by atoms with van der Waals surface area (Å²) in [6.45, 7) is 5.68. The summed E-state index contributed by atoms with van der Waals surface area (Å²) in [6, 6.07) is 1.71. The lowest BCUT2D eigenvalue weighted by molar-refractivity contribution is 0.00681. The molecule has 5 N–H and O–H groups in total. The van der Waals surface area contributed by atoms with Crippen LogP contribution in [0, 0.1) is 20.8 Å². The molecule has 0 aliphatic carbocycles. The van der Waals surface area contributed by atoms with Crippen LogP contribution in [-0.4, -0.2) is 37.4 Å². The van der Waals surface area contributed by atoms with E-state index >= 15 is 0 Å². The molecule has 1 aromatic carbocycles. The Kier molecular flexibility index (Phi) is 4.81. The van der Waals surface area contributed by atoms with Gasteiger partial charge in [-0.15, -0.1) is 0 Å². The molecule has 1 rings (SSSR count). The highest BCUT2D eigenvalue weighted by atomic mass is 32.2. The quantitative estimate of drug-likeness (QED) is 0.581. The van der Waals surface area contributed by atoms with Gasteiger partial charge in [0.2, 0.25) is 10.0 Å². The van der Waals surface area contributed by atoms with Crippen LogP contribution >= 0.6 is 0 Å². The number of nitrogen functional groups attached to an aromatic ring is 1. The molecule has 1 unspecified atom stereocenters. The molecule has 0 amide bonds. The van der Waals surface area contributed by atoms with Crippen LogP contribution in [0.25, 0.3) is 0 Å². The molecular weight excluding hydrogens is 280 g/mol. The number of aliphatic hydroxyl groups excluding tert-OH is 1. The van der Waals surface area contributed by atoms with Gasteiger partial charge in [0.25, 0.3) is 0 Å². The third-order valence-electron chi connectivity index (χ3n) is 3.21. The lowest BCUT2D eigenvalue weighted by Gasteiger charge is -2.22. The van der Waals surface area contributed by atoms with Crippen molar-refractivity contribution in [2.24, 2.45) is 0 Å². The van der Waals surface area contributed by atoms with Crippen molar-refractivity contribution >= 4 is 15.7 Å². The zero-order valence-electron chi connectivity index (χ0n) is 12.2. The fraction of sp³-hybridized carbons (Fsp3) is 0.538. The van der Waals surface area contributed by atoms with E-state index in [1.807, 2.05) is 6.92 Å². The predicted octanol–water partition coefficient (Wildman–Crippen LogP) is 0.216. The fourth-order valence-corrected chi connectivity index (χ4v) is 3.62. The Hall–Kier alpha value is -1.15. The average molecular weight is 302 g/mol. The molecule has 20 heavy (non-hydrogen) atoms. The average Bonchev–Trinajstić information content (AvgIpc) is 2.34. The van der Waals surface area contributed by atoms with E-state index < -0.39 is 22.2 Å². The molecule has 0 aliphatic heterocycles. The van der Waals surface area contributed by atoms with Crippen molar-refractivity contribution in [1.82, 2.24) is 4.72 Å². The summed E-state index contributed by atoms with van der Waals surface area (Å²) >= 11 is 0. The summed E-state index contributed by atoms with van der Waals surface area (Å²) < 4.78 is 27.0. The molecule has 0 radical (unpaired) electrons. The van der Waals surface area contributed by atoms with Gasteiger partial charge >= 0.3 is 0 Å². The molecule has 0 saturated heterocycles. The Balaban J connectivity index is 3.21. The predicted molar refractivity (Wildman–Crippen MR) is 78.0 cm³/mol. The summed E-state index contributed by atoms with van der Waals surface area (Å²) in [5.41, 5.74) is 6.69. The summed E-state index contributed by atoms with van der Waals surface area (Å²) in [6.07, 6.45) is 0. The van der Waals surface area contributed by atoms with Gasteiger partial charge in [0.05, 0.1) is 17.1 Å². The number of nitrogens with one attached hydrogen (secondary N) is 1. The Morgan fingerprint density at radius 2 is 1.85 bits per heavy atom. The van der Waals surface area contributed by atoms with Crippen molar-refractivity contribution in [3.8, 4) is 0 Å². The van der Waals surface area contributed by atoms with E-state index in [0.29, 0.717) is 16.8 Å². The van der Waals surface area contributed by atoms with Gasteiger partial charge in [-0.25, -0.2) is 13.1 Å². The zero-order chi connectivity index (χ0) is 15.7. The topological polar surface area (TPSA) is 113 Å². The molecule has 6 nitrogen and oxygen atoms in total. The highest BCUT2D eigenvalue weighted by Crippen LogP contribution is 2.27. The van der Waals surface area contributed by atoms with Gasteiger partial charge in [0.15, 0.2) is 0 Å². The second-order valence-corrected chi connectivity index (χ2v) is 7.06. The van der Waals surface area contributed by atoms with Crippen LogP contribution < -0.4 is 10.5 Å². The summed E-state index contributed by atoms with van der Waals surface area (Å²) in [7, 11) is -3.81. The van der Waals surface area contributed by atoms with Gasteiger partial charge in [0.1, 0.15) is 0 Å². The molecule has 0 bridgehead atoms. The van der Waals surface area contributed by atoms with Gasteiger partial charge in [-0.05, 0) is 44.4 Å². The molecule has 0 saturated carbocycles. The first-order chi connectivity index (χ1) is 9.02. The van der Waals surface area contributed by atoms with Gasteiger partial charge < -0.3 is 15.9 Å². The van der Waals surface area contributed by atoms with Crippen LogP contribution in [0.1, 0.15) is 23.6 Å². The lowest BCUT2D eigenvalue weighted by Crippen LogP contribution is -2.43. The summed E-state index contributed by atoms with van der Waals surface area (Å²) in [5.74, 6) is 0. The van der Waals surface area contributed by atoms with Gasteiger partial charge in [0, 0.05) is 12.2 Å². The molecule has 1 aromatic rings. The fourth-order valence-electron chi connectivity index (χ4n) is 1.97. The monoisotopic (exact) mass is 302 g/mol. The number of sulfonamides is 1. The lowest BCUT2D eigenvalue weighted by atomic mass is 10.1. The number of anilines is 1. The highest BCUT2D eigenvalue weighted by molar-refractivity contribution is 7.89. The molecule has 0 aliphatic rings. The molecular formula is C13H22N2O4S. The van der Waals surface area contributed by atoms with Crippen LogP contribution in [0.4, 0.5) is 5.69 Å². The third-order valence-corrected chi connectivity index (χ3v) is 4.90. The van der Waals surface area contributed by atoms with Gasteiger partial charge in [-0.3, -0.25) is 0 Å². The second kappa shape index (κ2) is 5.69. The number of aryl methyl sites for hydroxylation is 2. The maximum absolute atomic E-state index is 12.3. The van der Waals surface area contributed by atoms with Crippen LogP contribution in [0.3, 0.4) is 0 Å². The SMILES string of the molecule is Cc1cc(C)c(S(=O)(=O)NCC(C)(O)CO)c(C)c1N. The van der Waals surface area contributed by atoms with E-state index in [4.69, 9.17) is 10.8 Å². The standard InChI is InChI=1S/C13H22N2O4S/c1-8-5-9(2)12(10(3)11(8)14)20(18,19)15-6-13(4,17)7-16/h5,15-17H,6-7,14H2,1-4H3. The molecule has 0 heterocycles. The maximum Gasteiger partial charge on any atom is 0.241 e. The third kappa shape index (κ3) is 3.49. The van der Waals surface area contributed by atoms with Crippen molar-refractivity contribution < 1.29 is 18.6 Å². The summed E-state index contributed by atoms with van der Waals surface area (Å²) in [4.78, 5) is 0.120. The minimum Gasteiger partial charge on any atom is -0.398 e. The minimum atomic E-state index is -3.81. The molecule has 7 heteroatoms. The molecule has 0 spiro atoms. The smallest absolute Gasteiger partial charge is 0.241 e. The van der Waals surface area contributed by atoms with Crippen molar-refractivity contribution in [2.45, 2.75) is 38.2 Å². The van der Waals surface area contributed by atoms with Gasteiger partial charge in [-0.2, -0.15) is 0 Å². The van der Waals surface area contributed by atoms with E-state index in [9.17, 15) is 13.5 Å². The number of nitrogens with two attached hydrogens (primary N) is 1. The first-order valence-corrected chi connectivity index (χ1v) is 7.69. The van der Waals surface area contributed by atoms with E-state index in [2.05, 4.69) is 4.72 Å². The number of hydrogen-bond acceptors (Lipinski definition) is 5. The largest absolute Gasteiger partial charge is 0.398 e. The van der Waals surface area contributed by atoms with Gasteiger partial charge in [-0.1, -0.05) is 6.07 Å². The van der Waals surface area contributed by atoms with E-state index in [0.717, 1.165) is 5.56 Å². The van der Waals surface area contributed by atoms with Crippen LogP contribution in [0.2, 0.25) is 0 Å². The minimum absolute atomic E-state index is 0.120. The zero-order valence-corrected chi connectivity index (χ0v) is 13.0. The van der Waals surface area contributed by atoms with Crippen molar-refractivity contribution in [3.63, 3.8) is 0 Å². The number of benzene rings is 1. The van der Waals surface area contributed by atoms with Crippen molar-refractivity contribution in [1.29, 1.82) is 0 Å². The van der Waals surface area contributed by atoms with Crippen molar-refractivity contribution in [3.05, 3.63) is 22.8 Å². The Morgan fingerprint density at radius 1 is 1.30 bits per heavy atom. The number of hydrogen-bond donors (Lipinski definition) is 4. The Bertz CT molecular complexity index is 609. The number of aliphatic hydroxyl groups is 2. The molecule has 1 atom stereocenters. The van der Waals surface area contributed by atoms with Crippen molar-refractivity contribution in [2.75, 3.05) is 18.9 Å². The van der Waals surface area contributed by atoms with E-state index in [-0.39, 0.29) is 11.4 Å². The maximum atomic E-state index is 12.3. The first kappa shape index (κ1) is 16.9. The Morgan fingerprint density at radius 3 is 2.35 bits per heavy atom. The first-order valence-electron chi connectivity index (χ1n) is 6.21. The van der Waals surface area contributed by atoms with E-state index in [1.165, 1.54) is 6.92 Å². The molecule has 114 valence electrons. The van der Waals surface area contributed by atoms with Crippen LogP contribution in [0.15, 0.2) is 11.0 Å². The van der Waals surface area contributed by atoms with Crippen LogP contribution in [-0.2, 0) is 10.0 Å². The molecule has 0 aromatic heterocycles.